The number of carbonyl (C=O) groups is 2. The summed E-state index contributed by atoms with van der Waals surface area (Å²) >= 11 is 0. The lowest BCUT2D eigenvalue weighted by atomic mass is 10.0. The number of hydrogen-bond acceptors (Lipinski definition) is 6. The maximum absolute atomic E-state index is 12.8. The summed E-state index contributed by atoms with van der Waals surface area (Å²) < 4.78 is 0. The topological polar surface area (TPSA) is 96.9 Å². The molecule has 2 N–H and O–H groups in total. The van der Waals surface area contributed by atoms with E-state index >= 15 is 0 Å². The van der Waals surface area contributed by atoms with Crippen LogP contribution in [0.2, 0.25) is 0 Å². The molecule has 4 aromatic rings. The van der Waals surface area contributed by atoms with Gasteiger partial charge >= 0.3 is 12.1 Å². The highest BCUT2D eigenvalue weighted by atomic mass is 16.2. The van der Waals surface area contributed by atoms with E-state index in [1.807, 2.05) is 94.7 Å². The van der Waals surface area contributed by atoms with Crippen LogP contribution in [-0.2, 0) is 6.42 Å². The van der Waals surface area contributed by atoms with E-state index in [0.29, 0.717) is 26.2 Å². The molecule has 2 aliphatic heterocycles. The second-order valence-corrected chi connectivity index (χ2v) is 10.8. The molecule has 6 rings (SSSR count). The van der Waals surface area contributed by atoms with Crippen LogP contribution in [0.15, 0.2) is 97.3 Å². The summed E-state index contributed by atoms with van der Waals surface area (Å²) in [6.45, 7) is 5.65. The molecule has 2 fully saturated rings. The summed E-state index contributed by atoms with van der Waals surface area (Å²) in [6.07, 6.45) is 4.34. The first-order valence-corrected chi connectivity index (χ1v) is 14.7. The van der Waals surface area contributed by atoms with E-state index in [-0.39, 0.29) is 12.1 Å². The Morgan fingerprint density at radius 1 is 0.535 bits per heavy atom. The first kappa shape index (κ1) is 28.0. The third kappa shape index (κ3) is 7.21. The third-order valence-corrected chi connectivity index (χ3v) is 7.90. The third-order valence-electron chi connectivity index (χ3n) is 7.90. The Labute approximate surface area is 252 Å². The number of pyridine rings is 2. The van der Waals surface area contributed by atoms with Gasteiger partial charge in [-0.3, -0.25) is 0 Å². The van der Waals surface area contributed by atoms with Gasteiger partial charge in [-0.1, -0.05) is 36.4 Å². The zero-order valence-corrected chi connectivity index (χ0v) is 24.1. The van der Waals surface area contributed by atoms with Crippen molar-refractivity contribution in [2.75, 3.05) is 72.8 Å². The van der Waals surface area contributed by atoms with E-state index in [1.165, 1.54) is 0 Å². The van der Waals surface area contributed by atoms with Gasteiger partial charge < -0.3 is 30.2 Å². The van der Waals surface area contributed by atoms with Crippen LogP contribution in [0.4, 0.5) is 32.6 Å². The molecule has 2 saturated heterocycles. The highest BCUT2D eigenvalue weighted by Crippen LogP contribution is 2.19. The molecule has 4 amide bonds. The fraction of sp³-hybridized carbons (Fsp3) is 0.273. The van der Waals surface area contributed by atoms with Crippen molar-refractivity contribution in [3.8, 4) is 0 Å². The first-order chi connectivity index (χ1) is 21.1. The van der Waals surface area contributed by atoms with E-state index in [4.69, 9.17) is 0 Å². The Balaban J connectivity index is 0.939. The number of hydrogen-bond donors (Lipinski definition) is 2. The Hall–Kier alpha value is -5.12. The first-order valence-electron chi connectivity index (χ1n) is 14.7. The second-order valence-electron chi connectivity index (χ2n) is 10.8. The van der Waals surface area contributed by atoms with Crippen LogP contribution >= 0.6 is 0 Å². The van der Waals surface area contributed by atoms with Crippen LogP contribution < -0.4 is 20.4 Å². The number of urea groups is 2. The molecule has 0 saturated carbocycles. The van der Waals surface area contributed by atoms with Crippen molar-refractivity contribution in [2.45, 2.75) is 6.42 Å². The van der Waals surface area contributed by atoms with E-state index in [0.717, 1.165) is 66.7 Å². The van der Waals surface area contributed by atoms with Gasteiger partial charge in [-0.2, -0.15) is 0 Å². The number of carbonyl (C=O) groups excluding carboxylic acids is 2. The average molecular weight is 577 g/mol. The van der Waals surface area contributed by atoms with Crippen molar-refractivity contribution in [1.82, 2.24) is 19.8 Å². The summed E-state index contributed by atoms with van der Waals surface area (Å²) in [5, 5.41) is 6.05. The van der Waals surface area contributed by atoms with E-state index in [2.05, 4.69) is 30.4 Å². The lowest BCUT2D eigenvalue weighted by Crippen LogP contribution is -2.50. The number of piperazine rings is 2. The van der Waals surface area contributed by atoms with Crippen LogP contribution in [-0.4, -0.2) is 84.2 Å². The smallest absolute Gasteiger partial charge is 0.321 e. The lowest BCUT2D eigenvalue weighted by Gasteiger charge is -2.35. The molecule has 220 valence electrons. The van der Waals surface area contributed by atoms with Crippen LogP contribution in [0.25, 0.3) is 0 Å². The molecule has 0 spiro atoms. The van der Waals surface area contributed by atoms with Crippen LogP contribution in [0.3, 0.4) is 0 Å². The van der Waals surface area contributed by atoms with Crippen LogP contribution in [0, 0.1) is 0 Å². The number of rotatable bonds is 6. The summed E-state index contributed by atoms with van der Waals surface area (Å²) in [4.78, 5) is 42.5. The van der Waals surface area contributed by atoms with Crippen molar-refractivity contribution >= 4 is 35.1 Å². The van der Waals surface area contributed by atoms with Gasteiger partial charge in [0, 0.05) is 76.1 Å². The van der Waals surface area contributed by atoms with Gasteiger partial charge in [-0.15, -0.1) is 0 Å². The summed E-state index contributed by atoms with van der Waals surface area (Å²) in [6, 6.07) is 27.5. The number of anilines is 4. The average Bonchev–Trinajstić information content (AvgIpc) is 3.07. The van der Waals surface area contributed by atoms with Crippen molar-refractivity contribution < 1.29 is 9.59 Å². The molecule has 0 aliphatic carbocycles. The minimum Gasteiger partial charge on any atom is -0.353 e. The normalized spacial score (nSPS) is 15.3. The number of amides is 4. The lowest BCUT2D eigenvalue weighted by molar-refractivity contribution is 0.207. The van der Waals surface area contributed by atoms with E-state index in [9.17, 15) is 9.59 Å². The molecule has 2 aromatic carbocycles. The predicted octanol–water partition coefficient (Wildman–Crippen LogP) is 4.78. The van der Waals surface area contributed by atoms with Crippen molar-refractivity contribution in [3.05, 3.63) is 108 Å². The van der Waals surface area contributed by atoms with Crippen molar-refractivity contribution in [3.63, 3.8) is 0 Å². The number of nitrogens with one attached hydrogen (secondary N) is 2. The monoisotopic (exact) mass is 576 g/mol. The zero-order chi connectivity index (χ0) is 29.4. The van der Waals surface area contributed by atoms with Gasteiger partial charge in [0.1, 0.15) is 11.6 Å². The summed E-state index contributed by atoms with van der Waals surface area (Å²) in [5.41, 5.74) is 3.84. The molecule has 0 atom stereocenters. The molecular formula is C33H36N8O2. The molecule has 0 unspecified atom stereocenters. The molecule has 0 bridgehead atoms. The van der Waals surface area contributed by atoms with E-state index < -0.39 is 0 Å². The highest BCUT2D eigenvalue weighted by molar-refractivity contribution is 5.90. The molecule has 10 nitrogen and oxygen atoms in total. The van der Waals surface area contributed by atoms with Crippen molar-refractivity contribution in [1.29, 1.82) is 0 Å². The van der Waals surface area contributed by atoms with Gasteiger partial charge in [-0.25, -0.2) is 19.6 Å². The number of nitrogens with zero attached hydrogens (tertiary/aromatic N) is 6. The van der Waals surface area contributed by atoms with Gasteiger partial charge in [0.25, 0.3) is 0 Å². The van der Waals surface area contributed by atoms with Gasteiger partial charge in [0.05, 0.1) is 0 Å². The molecule has 10 heteroatoms. The number of benzene rings is 2. The minimum absolute atomic E-state index is 0.0823. The van der Waals surface area contributed by atoms with Crippen LogP contribution in [0.5, 0.6) is 0 Å². The van der Waals surface area contributed by atoms with E-state index in [1.54, 1.807) is 12.4 Å². The zero-order valence-electron chi connectivity index (χ0n) is 24.1. The molecular weight excluding hydrogens is 540 g/mol. The quantitative estimate of drug-likeness (QED) is 0.343. The maximum Gasteiger partial charge on any atom is 0.321 e. The maximum atomic E-state index is 12.8. The Morgan fingerprint density at radius 2 is 0.930 bits per heavy atom. The van der Waals surface area contributed by atoms with Crippen molar-refractivity contribution in [2.24, 2.45) is 0 Å². The largest absolute Gasteiger partial charge is 0.353 e. The SMILES string of the molecule is O=C(Nc1ccc(Cc2ccc(NC(=O)N3CCN(c4ccccn4)CC3)cc2)cc1)N1CCN(c2ccccn2)CC1. The fourth-order valence-corrected chi connectivity index (χ4v) is 5.41. The summed E-state index contributed by atoms with van der Waals surface area (Å²) in [5.74, 6) is 1.90. The molecule has 4 heterocycles. The molecule has 0 radical (unpaired) electrons. The van der Waals surface area contributed by atoms with Gasteiger partial charge in [0.15, 0.2) is 0 Å². The minimum atomic E-state index is -0.0823. The molecule has 43 heavy (non-hydrogen) atoms. The molecule has 2 aliphatic rings. The van der Waals surface area contributed by atoms with Crippen LogP contribution in [0.1, 0.15) is 11.1 Å². The Bertz CT molecular complexity index is 1370. The Morgan fingerprint density at radius 3 is 1.28 bits per heavy atom. The standard InChI is InChI=1S/C33H36N8O2/c42-32(40-21-17-38(18-22-40)30-5-1-3-15-34-30)36-28-11-7-26(8-12-28)25-27-9-13-29(14-10-27)37-33(43)41-23-19-39(20-24-41)31-6-2-4-16-35-31/h1-16H,17-25H2,(H,36,42)(H,37,43). The predicted molar refractivity (Wildman–Crippen MR) is 170 cm³/mol. The highest BCUT2D eigenvalue weighted by Gasteiger charge is 2.23. The van der Waals surface area contributed by atoms with Gasteiger partial charge in [0.2, 0.25) is 0 Å². The molecule has 2 aromatic heterocycles. The Kier molecular flexibility index (Phi) is 8.63. The fourth-order valence-electron chi connectivity index (χ4n) is 5.41. The summed E-state index contributed by atoms with van der Waals surface area (Å²) in [7, 11) is 0. The second kappa shape index (κ2) is 13.2. The van der Waals surface area contributed by atoms with Gasteiger partial charge in [-0.05, 0) is 66.1 Å². The number of aromatic nitrogens is 2.